The number of carbonyl (C=O) groups is 1. The summed E-state index contributed by atoms with van der Waals surface area (Å²) in [6.07, 6.45) is 1.94. The quantitative estimate of drug-likeness (QED) is 0.606. The predicted octanol–water partition coefficient (Wildman–Crippen LogP) is 0.779. The van der Waals surface area contributed by atoms with Crippen LogP contribution in [0.4, 0.5) is 4.79 Å². The average molecular weight is 186 g/mol. The Labute approximate surface area is 79.4 Å². The van der Waals surface area contributed by atoms with E-state index >= 15 is 0 Å². The molecule has 4 nitrogen and oxygen atoms in total. The molecule has 13 heavy (non-hydrogen) atoms. The van der Waals surface area contributed by atoms with Crippen LogP contribution in [0.2, 0.25) is 0 Å². The van der Waals surface area contributed by atoms with Crippen molar-refractivity contribution < 1.29 is 9.53 Å². The van der Waals surface area contributed by atoms with Gasteiger partial charge in [0.25, 0.3) is 0 Å². The second kappa shape index (κ2) is 4.46. The molecule has 1 rings (SSSR count). The minimum absolute atomic E-state index is 0.0775. The highest BCUT2D eigenvalue weighted by Crippen LogP contribution is 2.12. The van der Waals surface area contributed by atoms with E-state index < -0.39 is 0 Å². The molecule has 0 aromatic carbocycles. The number of ether oxygens (including phenoxy) is 1. The summed E-state index contributed by atoms with van der Waals surface area (Å²) in [5, 5.41) is 0. The topological polar surface area (TPSA) is 32.8 Å². The molecule has 4 heteroatoms. The van der Waals surface area contributed by atoms with Crippen molar-refractivity contribution in [2.24, 2.45) is 0 Å². The fourth-order valence-corrected chi connectivity index (χ4v) is 1.46. The average Bonchev–Trinajstić information content (AvgIpc) is 2.04. The molecule has 0 aromatic heterocycles. The molecule has 0 N–H and O–H groups in total. The predicted molar refractivity (Wildman–Crippen MR) is 50.7 cm³/mol. The van der Waals surface area contributed by atoms with Gasteiger partial charge in [0.1, 0.15) is 6.10 Å². The van der Waals surface area contributed by atoms with Crippen molar-refractivity contribution in [2.45, 2.75) is 18.9 Å². The standard InChI is InChI=1S/C9H18N2O2/c1-10(2)9(12)13-8-5-4-6-11(3)7-8/h8H,4-7H2,1-3H3. The summed E-state index contributed by atoms with van der Waals surface area (Å²) >= 11 is 0. The molecule has 0 spiro atoms. The Morgan fingerprint density at radius 1 is 1.54 bits per heavy atom. The van der Waals surface area contributed by atoms with Gasteiger partial charge in [0.2, 0.25) is 0 Å². The Morgan fingerprint density at radius 2 is 2.23 bits per heavy atom. The van der Waals surface area contributed by atoms with Gasteiger partial charge < -0.3 is 14.5 Å². The van der Waals surface area contributed by atoms with Gasteiger partial charge in [0.05, 0.1) is 0 Å². The van der Waals surface area contributed by atoms with Gasteiger partial charge in [-0.25, -0.2) is 4.79 Å². The first-order valence-electron chi connectivity index (χ1n) is 4.66. The summed E-state index contributed by atoms with van der Waals surface area (Å²) in [7, 11) is 5.46. The van der Waals surface area contributed by atoms with E-state index in [0.717, 1.165) is 25.9 Å². The van der Waals surface area contributed by atoms with E-state index in [1.165, 1.54) is 4.90 Å². The molecule has 0 aliphatic carbocycles. The van der Waals surface area contributed by atoms with Crippen molar-refractivity contribution in [3.05, 3.63) is 0 Å². The van der Waals surface area contributed by atoms with Crippen molar-refractivity contribution in [2.75, 3.05) is 34.2 Å². The molecule has 1 unspecified atom stereocenters. The maximum absolute atomic E-state index is 11.2. The third-order valence-electron chi connectivity index (χ3n) is 2.21. The lowest BCUT2D eigenvalue weighted by molar-refractivity contribution is 0.0357. The largest absolute Gasteiger partial charge is 0.445 e. The highest BCUT2D eigenvalue weighted by atomic mass is 16.6. The number of nitrogens with zero attached hydrogens (tertiary/aromatic N) is 2. The van der Waals surface area contributed by atoms with E-state index in [4.69, 9.17) is 4.74 Å². The molecule has 1 heterocycles. The Balaban J connectivity index is 2.31. The van der Waals surface area contributed by atoms with Gasteiger partial charge in [-0.3, -0.25) is 0 Å². The number of likely N-dealkylation sites (tertiary alicyclic amines) is 1. The van der Waals surface area contributed by atoms with Crippen LogP contribution in [0.3, 0.4) is 0 Å². The molecule has 1 amide bonds. The summed E-state index contributed by atoms with van der Waals surface area (Å²) in [5.41, 5.74) is 0. The summed E-state index contributed by atoms with van der Waals surface area (Å²) in [4.78, 5) is 14.9. The summed E-state index contributed by atoms with van der Waals surface area (Å²) in [6.45, 7) is 1.97. The van der Waals surface area contributed by atoms with Gasteiger partial charge in [-0.1, -0.05) is 0 Å². The Bertz CT molecular complexity index is 182. The van der Waals surface area contributed by atoms with Gasteiger partial charge >= 0.3 is 6.09 Å². The van der Waals surface area contributed by atoms with E-state index in [-0.39, 0.29) is 12.2 Å². The molecule has 1 atom stereocenters. The number of piperidine rings is 1. The van der Waals surface area contributed by atoms with Crippen LogP contribution < -0.4 is 0 Å². The van der Waals surface area contributed by atoms with E-state index in [1.54, 1.807) is 14.1 Å². The van der Waals surface area contributed by atoms with Crippen LogP contribution in [0, 0.1) is 0 Å². The molecule has 1 aliphatic heterocycles. The lowest BCUT2D eigenvalue weighted by Gasteiger charge is -2.29. The normalized spacial score (nSPS) is 24.1. The zero-order valence-electron chi connectivity index (χ0n) is 8.62. The highest BCUT2D eigenvalue weighted by molar-refractivity contribution is 5.66. The van der Waals surface area contributed by atoms with Crippen LogP contribution >= 0.6 is 0 Å². The van der Waals surface area contributed by atoms with Crippen molar-refractivity contribution in [1.29, 1.82) is 0 Å². The Morgan fingerprint density at radius 3 is 2.77 bits per heavy atom. The zero-order valence-corrected chi connectivity index (χ0v) is 8.62. The molecule has 1 saturated heterocycles. The Hall–Kier alpha value is -0.770. The molecule has 0 aromatic rings. The minimum atomic E-state index is -0.236. The van der Waals surface area contributed by atoms with Crippen molar-refractivity contribution in [3.8, 4) is 0 Å². The third-order valence-corrected chi connectivity index (χ3v) is 2.21. The van der Waals surface area contributed by atoms with E-state index in [9.17, 15) is 4.79 Å². The number of hydrogen-bond donors (Lipinski definition) is 0. The first kappa shape index (κ1) is 10.3. The molecular weight excluding hydrogens is 168 g/mol. The number of likely N-dealkylation sites (N-methyl/N-ethyl adjacent to an activating group) is 1. The number of rotatable bonds is 1. The molecule has 0 bridgehead atoms. The number of carbonyl (C=O) groups excluding carboxylic acids is 1. The molecular formula is C9H18N2O2. The molecule has 1 fully saturated rings. The molecule has 76 valence electrons. The lowest BCUT2D eigenvalue weighted by atomic mass is 10.1. The smallest absolute Gasteiger partial charge is 0.409 e. The lowest BCUT2D eigenvalue weighted by Crippen LogP contribution is -2.39. The van der Waals surface area contributed by atoms with E-state index in [1.807, 2.05) is 0 Å². The SMILES string of the molecule is CN1CCCC(OC(=O)N(C)C)C1. The van der Waals surface area contributed by atoms with Crippen molar-refractivity contribution in [3.63, 3.8) is 0 Å². The summed E-state index contributed by atoms with van der Waals surface area (Å²) in [5.74, 6) is 0. The highest BCUT2D eigenvalue weighted by Gasteiger charge is 2.21. The number of hydrogen-bond acceptors (Lipinski definition) is 3. The van der Waals surface area contributed by atoms with Crippen LogP contribution in [0.25, 0.3) is 0 Å². The van der Waals surface area contributed by atoms with Crippen LogP contribution in [0.1, 0.15) is 12.8 Å². The first-order valence-corrected chi connectivity index (χ1v) is 4.66. The van der Waals surface area contributed by atoms with Crippen molar-refractivity contribution >= 4 is 6.09 Å². The van der Waals surface area contributed by atoms with Gasteiger partial charge in [0.15, 0.2) is 0 Å². The van der Waals surface area contributed by atoms with Crippen LogP contribution in [-0.4, -0.2) is 56.2 Å². The Kier molecular flexibility index (Phi) is 3.54. The molecule has 0 radical (unpaired) electrons. The van der Waals surface area contributed by atoms with E-state index in [2.05, 4.69) is 11.9 Å². The van der Waals surface area contributed by atoms with Crippen LogP contribution in [0.15, 0.2) is 0 Å². The minimum Gasteiger partial charge on any atom is -0.445 e. The van der Waals surface area contributed by atoms with Crippen molar-refractivity contribution in [1.82, 2.24) is 9.80 Å². The summed E-state index contributed by atoms with van der Waals surface area (Å²) in [6, 6.07) is 0. The van der Waals surface area contributed by atoms with Crippen LogP contribution in [0.5, 0.6) is 0 Å². The molecule has 1 aliphatic rings. The fraction of sp³-hybridized carbons (Fsp3) is 0.889. The second-order valence-corrected chi connectivity index (χ2v) is 3.80. The zero-order chi connectivity index (χ0) is 9.84. The van der Waals surface area contributed by atoms with Gasteiger partial charge in [-0.2, -0.15) is 0 Å². The third kappa shape index (κ3) is 3.22. The monoisotopic (exact) mass is 186 g/mol. The fourth-order valence-electron chi connectivity index (χ4n) is 1.46. The molecule has 0 saturated carbocycles. The maximum Gasteiger partial charge on any atom is 0.409 e. The summed E-state index contributed by atoms with van der Waals surface area (Å²) < 4.78 is 5.27. The second-order valence-electron chi connectivity index (χ2n) is 3.80. The van der Waals surface area contributed by atoms with Gasteiger partial charge in [-0.15, -0.1) is 0 Å². The van der Waals surface area contributed by atoms with Crippen LogP contribution in [-0.2, 0) is 4.74 Å². The van der Waals surface area contributed by atoms with Gasteiger partial charge in [0, 0.05) is 20.6 Å². The number of amides is 1. The maximum atomic E-state index is 11.2. The first-order chi connectivity index (χ1) is 6.09. The van der Waals surface area contributed by atoms with Gasteiger partial charge in [-0.05, 0) is 26.4 Å². The van der Waals surface area contributed by atoms with E-state index in [0.29, 0.717) is 0 Å².